The van der Waals surface area contributed by atoms with Gasteiger partial charge in [0.15, 0.2) is 0 Å². The zero-order valence-corrected chi connectivity index (χ0v) is 15.6. The summed E-state index contributed by atoms with van der Waals surface area (Å²) in [5, 5.41) is 15.3. The minimum atomic E-state index is -1.40. The Morgan fingerprint density at radius 2 is 1.92 bits per heavy atom. The van der Waals surface area contributed by atoms with Gasteiger partial charge in [-0.1, -0.05) is 32.0 Å². The van der Waals surface area contributed by atoms with Crippen molar-refractivity contribution in [2.24, 2.45) is 5.41 Å². The van der Waals surface area contributed by atoms with Crippen LogP contribution in [0.25, 0.3) is 0 Å². The zero-order valence-electron chi connectivity index (χ0n) is 13.9. The number of nitrogens with one attached hydrogen (secondary N) is 2. The molecule has 0 heterocycles. The van der Waals surface area contributed by atoms with Crippen LogP contribution in [0.2, 0.25) is 0 Å². The van der Waals surface area contributed by atoms with Gasteiger partial charge in [-0.05, 0) is 0 Å². The van der Waals surface area contributed by atoms with Crippen molar-refractivity contribution in [3.63, 3.8) is 0 Å². The standard InChI is InChI=1S/C15H25ClN2O5S/c1-10(16)8-12(20)23-9-15(2,3)13(21)14(22)18-5-4-11(19)17-6-7-24/h13,21,24H,1,4-9H2,2-3H3,(H,17,19)(H,18,22). The molecule has 0 saturated carbocycles. The summed E-state index contributed by atoms with van der Waals surface area (Å²) in [6, 6.07) is 0. The highest BCUT2D eigenvalue weighted by Crippen LogP contribution is 2.22. The van der Waals surface area contributed by atoms with Crippen molar-refractivity contribution >= 4 is 42.0 Å². The molecule has 0 aliphatic carbocycles. The lowest BCUT2D eigenvalue weighted by molar-refractivity contribution is -0.152. The first-order valence-electron chi connectivity index (χ1n) is 7.42. The predicted octanol–water partition coefficient (Wildman–Crippen LogP) is 0.612. The number of hydrogen-bond donors (Lipinski definition) is 4. The molecule has 0 fully saturated rings. The number of amides is 2. The average Bonchev–Trinajstić information content (AvgIpc) is 2.49. The van der Waals surface area contributed by atoms with Crippen LogP contribution in [0.4, 0.5) is 0 Å². The molecular weight excluding hydrogens is 356 g/mol. The summed E-state index contributed by atoms with van der Waals surface area (Å²) in [4.78, 5) is 34.7. The Bertz CT molecular complexity index is 471. The van der Waals surface area contributed by atoms with Gasteiger partial charge in [0.2, 0.25) is 11.8 Å². The molecule has 0 aliphatic heterocycles. The van der Waals surface area contributed by atoms with E-state index in [0.29, 0.717) is 12.3 Å². The molecule has 0 saturated heterocycles. The van der Waals surface area contributed by atoms with E-state index in [4.69, 9.17) is 16.3 Å². The molecule has 0 aliphatic rings. The second-order valence-electron chi connectivity index (χ2n) is 5.86. The van der Waals surface area contributed by atoms with Gasteiger partial charge in [-0.25, -0.2) is 0 Å². The van der Waals surface area contributed by atoms with E-state index in [1.165, 1.54) is 0 Å². The summed E-state index contributed by atoms with van der Waals surface area (Å²) in [5.74, 6) is -0.912. The first-order chi connectivity index (χ1) is 11.1. The van der Waals surface area contributed by atoms with Crippen molar-refractivity contribution in [2.45, 2.75) is 32.8 Å². The molecule has 3 N–H and O–H groups in total. The maximum absolute atomic E-state index is 11.9. The number of ether oxygens (including phenoxy) is 1. The topological polar surface area (TPSA) is 105 Å². The molecular formula is C15H25ClN2O5S. The minimum absolute atomic E-state index is 0.0935. The molecule has 0 aromatic heterocycles. The van der Waals surface area contributed by atoms with Gasteiger partial charge in [-0.2, -0.15) is 12.6 Å². The molecule has 0 aromatic rings. The Balaban J connectivity index is 4.26. The van der Waals surface area contributed by atoms with E-state index < -0.39 is 23.4 Å². The van der Waals surface area contributed by atoms with Crippen LogP contribution in [-0.4, -0.2) is 54.4 Å². The molecule has 1 atom stereocenters. The van der Waals surface area contributed by atoms with Gasteiger partial charge in [0.25, 0.3) is 0 Å². The second kappa shape index (κ2) is 11.3. The smallest absolute Gasteiger partial charge is 0.311 e. The number of carbonyl (C=O) groups excluding carboxylic acids is 3. The van der Waals surface area contributed by atoms with Crippen LogP contribution in [0.3, 0.4) is 0 Å². The van der Waals surface area contributed by atoms with Gasteiger partial charge in [0.05, 0.1) is 13.0 Å². The lowest BCUT2D eigenvalue weighted by atomic mass is 9.87. The minimum Gasteiger partial charge on any atom is -0.465 e. The van der Waals surface area contributed by atoms with E-state index in [0.717, 1.165) is 0 Å². The highest BCUT2D eigenvalue weighted by Gasteiger charge is 2.34. The maximum atomic E-state index is 11.9. The van der Waals surface area contributed by atoms with E-state index >= 15 is 0 Å². The molecule has 9 heteroatoms. The fraction of sp³-hybridized carbons (Fsp3) is 0.667. The largest absolute Gasteiger partial charge is 0.465 e. The van der Waals surface area contributed by atoms with Gasteiger partial charge in [0, 0.05) is 35.7 Å². The van der Waals surface area contributed by atoms with E-state index in [9.17, 15) is 19.5 Å². The number of rotatable bonds is 11. The lowest BCUT2D eigenvalue weighted by Gasteiger charge is -2.29. The SMILES string of the molecule is C=C(Cl)CC(=O)OCC(C)(C)C(O)C(=O)NCCC(=O)NCCS. The molecule has 0 radical (unpaired) electrons. The molecule has 2 amide bonds. The lowest BCUT2D eigenvalue weighted by Crippen LogP contribution is -2.47. The number of halogens is 1. The summed E-state index contributed by atoms with van der Waals surface area (Å²) in [6.45, 7) is 6.93. The monoisotopic (exact) mass is 380 g/mol. The van der Waals surface area contributed by atoms with Crippen LogP contribution in [0, 0.1) is 5.41 Å². The molecule has 0 spiro atoms. The van der Waals surface area contributed by atoms with Crippen molar-refractivity contribution in [3.8, 4) is 0 Å². The quantitative estimate of drug-likeness (QED) is 0.310. The van der Waals surface area contributed by atoms with Gasteiger partial charge in [-0.3, -0.25) is 14.4 Å². The van der Waals surface area contributed by atoms with Gasteiger partial charge >= 0.3 is 5.97 Å². The number of carbonyl (C=O) groups is 3. The molecule has 0 aromatic carbocycles. The van der Waals surface area contributed by atoms with Crippen molar-refractivity contribution in [3.05, 3.63) is 11.6 Å². The van der Waals surface area contributed by atoms with E-state index in [1.54, 1.807) is 13.8 Å². The van der Waals surface area contributed by atoms with E-state index in [2.05, 4.69) is 29.8 Å². The number of thiol groups is 1. The second-order valence-corrected chi connectivity index (χ2v) is 6.84. The highest BCUT2D eigenvalue weighted by atomic mass is 35.5. The van der Waals surface area contributed by atoms with Crippen LogP contribution < -0.4 is 10.6 Å². The normalized spacial score (nSPS) is 12.2. The van der Waals surface area contributed by atoms with Gasteiger partial charge in [-0.15, -0.1) is 0 Å². The van der Waals surface area contributed by atoms with Crippen molar-refractivity contribution in [2.75, 3.05) is 25.4 Å². The van der Waals surface area contributed by atoms with Crippen molar-refractivity contribution in [1.82, 2.24) is 10.6 Å². The Labute approximate surface area is 152 Å². The third-order valence-corrected chi connectivity index (χ3v) is 3.37. The Kier molecular flexibility index (Phi) is 10.7. The first kappa shape index (κ1) is 22.8. The van der Waals surface area contributed by atoms with E-state index in [1.807, 2.05) is 0 Å². The molecule has 7 nitrogen and oxygen atoms in total. The zero-order chi connectivity index (χ0) is 18.8. The molecule has 0 bridgehead atoms. The van der Waals surface area contributed by atoms with Crippen LogP contribution in [0.5, 0.6) is 0 Å². The summed E-state index contributed by atoms with van der Waals surface area (Å²) in [5.41, 5.74) is -0.998. The summed E-state index contributed by atoms with van der Waals surface area (Å²) in [7, 11) is 0. The Morgan fingerprint density at radius 3 is 2.46 bits per heavy atom. The summed E-state index contributed by atoms with van der Waals surface area (Å²) >= 11 is 9.47. The Hall–Kier alpha value is -1.25. The number of hydrogen-bond acceptors (Lipinski definition) is 6. The maximum Gasteiger partial charge on any atom is 0.311 e. The molecule has 1 unspecified atom stereocenters. The van der Waals surface area contributed by atoms with Crippen LogP contribution in [-0.2, 0) is 19.1 Å². The highest BCUT2D eigenvalue weighted by molar-refractivity contribution is 7.80. The van der Waals surface area contributed by atoms with Gasteiger partial charge in [0.1, 0.15) is 6.10 Å². The average molecular weight is 381 g/mol. The fourth-order valence-electron chi connectivity index (χ4n) is 1.59. The van der Waals surface area contributed by atoms with E-state index in [-0.39, 0.29) is 36.9 Å². The predicted molar refractivity (Wildman–Crippen MR) is 94.8 cm³/mol. The molecule has 138 valence electrons. The Morgan fingerprint density at radius 1 is 1.29 bits per heavy atom. The first-order valence-corrected chi connectivity index (χ1v) is 8.43. The van der Waals surface area contributed by atoms with Crippen molar-refractivity contribution in [1.29, 1.82) is 0 Å². The summed E-state index contributed by atoms with van der Waals surface area (Å²) in [6.07, 6.45) is -1.44. The molecule has 24 heavy (non-hydrogen) atoms. The van der Waals surface area contributed by atoms with Crippen molar-refractivity contribution < 1.29 is 24.2 Å². The molecule has 0 rings (SSSR count). The fourth-order valence-corrected chi connectivity index (χ4v) is 1.81. The number of esters is 1. The van der Waals surface area contributed by atoms with Crippen LogP contribution in [0.15, 0.2) is 11.6 Å². The third kappa shape index (κ3) is 9.79. The number of aliphatic hydroxyl groups excluding tert-OH is 1. The summed E-state index contributed by atoms with van der Waals surface area (Å²) < 4.78 is 4.98. The number of aliphatic hydroxyl groups is 1. The van der Waals surface area contributed by atoms with Gasteiger partial charge < -0.3 is 20.5 Å². The van der Waals surface area contributed by atoms with Crippen LogP contribution >= 0.6 is 24.2 Å². The third-order valence-electron chi connectivity index (χ3n) is 3.02. The van der Waals surface area contributed by atoms with Crippen LogP contribution in [0.1, 0.15) is 26.7 Å².